The molecule has 1 amide bonds. The maximum atomic E-state index is 12.0. The topological polar surface area (TPSA) is 46.2 Å². The third-order valence-electron chi connectivity index (χ3n) is 3.00. The van der Waals surface area contributed by atoms with E-state index in [0.29, 0.717) is 13.0 Å². The molecular weight excluding hydrogens is 386 g/mol. The van der Waals surface area contributed by atoms with Gasteiger partial charge < -0.3 is 0 Å². The van der Waals surface area contributed by atoms with Crippen LogP contribution in [0, 0.1) is 10.8 Å². The molecule has 0 spiro atoms. The van der Waals surface area contributed by atoms with Gasteiger partial charge in [-0.15, -0.1) is 0 Å². The van der Waals surface area contributed by atoms with Crippen LogP contribution >= 0.6 is 0 Å². The summed E-state index contributed by atoms with van der Waals surface area (Å²) in [5.74, 6) is 0.160. The van der Waals surface area contributed by atoms with E-state index in [2.05, 4.69) is 9.72 Å². The third kappa shape index (κ3) is 5.72. The molecular formula is C13H23NO2W. The molecule has 17 heavy (non-hydrogen) atoms. The zero-order valence-electron chi connectivity index (χ0n) is 11.4. The number of hydrogen-bond acceptors (Lipinski definition) is 2. The van der Waals surface area contributed by atoms with Gasteiger partial charge in [-0.2, -0.15) is 0 Å². The Morgan fingerprint density at radius 3 is 2.12 bits per heavy atom. The van der Waals surface area contributed by atoms with E-state index in [0.717, 1.165) is 6.42 Å². The Morgan fingerprint density at radius 2 is 1.71 bits per heavy atom. The molecule has 0 aromatic carbocycles. The van der Waals surface area contributed by atoms with E-state index in [1.165, 1.54) is 19.4 Å². The molecule has 0 unspecified atom stereocenters. The number of amides is 1. The second-order valence-electron chi connectivity index (χ2n) is 5.71. The molecule has 1 N–H and O–H groups in total. The Balaban J connectivity index is 4.50. The van der Waals surface area contributed by atoms with E-state index in [-0.39, 0.29) is 11.7 Å². The van der Waals surface area contributed by atoms with E-state index in [9.17, 15) is 9.59 Å². The van der Waals surface area contributed by atoms with Crippen molar-refractivity contribution in [3.63, 3.8) is 0 Å². The predicted molar refractivity (Wildman–Crippen MR) is 66.6 cm³/mol. The van der Waals surface area contributed by atoms with E-state index >= 15 is 0 Å². The number of rotatable bonds is 7. The molecule has 98 valence electrons. The number of hydrogen-bond donors (Lipinski definition) is 1. The molecule has 0 atom stereocenters. The van der Waals surface area contributed by atoms with Crippen LogP contribution in [0.3, 0.4) is 0 Å². The first-order valence-electron chi connectivity index (χ1n) is 5.86. The molecule has 0 aromatic rings. The van der Waals surface area contributed by atoms with Gasteiger partial charge in [-0.1, -0.05) is 0 Å². The van der Waals surface area contributed by atoms with Crippen molar-refractivity contribution in [3.8, 4) is 0 Å². The molecule has 0 aliphatic rings. The zero-order chi connectivity index (χ0) is 13.7. The van der Waals surface area contributed by atoms with Gasteiger partial charge in [-0.3, -0.25) is 0 Å². The Bertz CT molecular complexity index is 309. The van der Waals surface area contributed by atoms with Crippen LogP contribution < -0.4 is 5.32 Å². The summed E-state index contributed by atoms with van der Waals surface area (Å²) < 4.78 is 2.10. The van der Waals surface area contributed by atoms with E-state index in [1.807, 2.05) is 27.7 Å². The number of ketones is 1. The molecule has 0 aliphatic heterocycles. The summed E-state index contributed by atoms with van der Waals surface area (Å²) >= 11 is 1.42. The van der Waals surface area contributed by atoms with Gasteiger partial charge in [0.15, 0.2) is 0 Å². The van der Waals surface area contributed by atoms with Crippen LogP contribution in [0.5, 0.6) is 0 Å². The summed E-state index contributed by atoms with van der Waals surface area (Å²) in [5.41, 5.74) is -0.947. The summed E-state index contributed by atoms with van der Waals surface area (Å²) in [6.45, 7) is 9.86. The van der Waals surface area contributed by atoms with Crippen molar-refractivity contribution in [1.29, 1.82) is 0 Å². The molecule has 4 heteroatoms. The normalized spacial score (nSPS) is 12.1. The maximum absolute atomic E-state index is 12.0. The van der Waals surface area contributed by atoms with Crippen molar-refractivity contribution < 1.29 is 28.9 Å². The summed E-state index contributed by atoms with van der Waals surface area (Å²) in [6, 6.07) is 0. The molecule has 0 heterocycles. The zero-order valence-corrected chi connectivity index (χ0v) is 14.4. The summed E-state index contributed by atoms with van der Waals surface area (Å²) in [7, 11) is 0. The van der Waals surface area contributed by atoms with Crippen molar-refractivity contribution in [2.45, 2.75) is 47.5 Å². The van der Waals surface area contributed by atoms with Crippen molar-refractivity contribution in [2.24, 2.45) is 10.8 Å². The molecule has 0 saturated heterocycles. The molecule has 0 rings (SSSR count). The van der Waals surface area contributed by atoms with Crippen LogP contribution in [0.15, 0.2) is 0 Å². The predicted octanol–water partition coefficient (Wildman–Crippen LogP) is 1.87. The number of carbonyl (C=O) groups excluding carboxylic acids is 2. The molecule has 0 bridgehead atoms. The van der Waals surface area contributed by atoms with Gasteiger partial charge in [0.25, 0.3) is 0 Å². The van der Waals surface area contributed by atoms with Gasteiger partial charge in [-0.25, -0.2) is 0 Å². The van der Waals surface area contributed by atoms with E-state index in [4.69, 9.17) is 0 Å². The van der Waals surface area contributed by atoms with Crippen molar-refractivity contribution in [3.05, 3.63) is 0 Å². The van der Waals surface area contributed by atoms with Crippen molar-refractivity contribution in [2.75, 3.05) is 6.54 Å². The molecule has 0 aromatic heterocycles. The van der Waals surface area contributed by atoms with Gasteiger partial charge in [-0.05, 0) is 0 Å². The number of carbonyl (C=O) groups is 2. The third-order valence-corrected chi connectivity index (χ3v) is 3.85. The van der Waals surface area contributed by atoms with Gasteiger partial charge in [0, 0.05) is 0 Å². The summed E-state index contributed by atoms with van der Waals surface area (Å²) in [5, 5.41) is 2.92. The van der Waals surface area contributed by atoms with Gasteiger partial charge in [0.1, 0.15) is 0 Å². The van der Waals surface area contributed by atoms with Crippen LogP contribution in [0.2, 0.25) is 0 Å². The Hall–Kier alpha value is -0.302. The summed E-state index contributed by atoms with van der Waals surface area (Å²) in [4.78, 5) is 23.5. The minimum absolute atomic E-state index is 0.0312. The number of nitrogens with one attached hydrogen (secondary N) is 1. The van der Waals surface area contributed by atoms with Gasteiger partial charge in [0.2, 0.25) is 0 Å². The molecule has 0 aliphatic carbocycles. The van der Waals surface area contributed by atoms with E-state index in [1.54, 1.807) is 6.92 Å². The molecule has 3 nitrogen and oxygen atoms in total. The Morgan fingerprint density at radius 1 is 1.18 bits per heavy atom. The van der Waals surface area contributed by atoms with Gasteiger partial charge >= 0.3 is 115 Å². The second kappa shape index (κ2) is 6.58. The van der Waals surface area contributed by atoms with Crippen LogP contribution in [0.4, 0.5) is 0 Å². The fraction of sp³-hybridized carbons (Fsp3) is 0.769. The molecule has 0 saturated carbocycles. The SMILES string of the molecule is CC(=O)C(C)(C)CC(C)(C)C(=O)NCC[CH]=[W]. The first kappa shape index (κ1) is 16.7. The number of Topliss-reactive ketones (excluding diaryl/α,β-unsaturated/α-hetero) is 1. The van der Waals surface area contributed by atoms with E-state index < -0.39 is 10.8 Å². The second-order valence-corrected chi connectivity index (χ2v) is 6.91. The van der Waals surface area contributed by atoms with Crippen LogP contribution in [-0.4, -0.2) is 22.6 Å². The van der Waals surface area contributed by atoms with Crippen LogP contribution in [0.25, 0.3) is 0 Å². The Kier molecular flexibility index (Phi) is 6.47. The monoisotopic (exact) mass is 409 g/mol. The average Bonchev–Trinajstić information content (AvgIpc) is 2.16. The molecule has 0 radical (unpaired) electrons. The first-order chi connectivity index (χ1) is 7.63. The summed E-state index contributed by atoms with van der Waals surface area (Å²) in [6.07, 6.45) is 1.48. The fourth-order valence-electron chi connectivity index (χ4n) is 1.79. The van der Waals surface area contributed by atoms with Crippen LogP contribution in [0.1, 0.15) is 47.5 Å². The first-order valence-corrected chi connectivity index (χ1v) is 7.56. The van der Waals surface area contributed by atoms with Crippen LogP contribution in [-0.2, 0) is 28.9 Å². The molecule has 0 fully saturated rings. The van der Waals surface area contributed by atoms with Gasteiger partial charge in [0.05, 0.1) is 0 Å². The van der Waals surface area contributed by atoms with Crippen molar-refractivity contribution in [1.82, 2.24) is 5.32 Å². The Labute approximate surface area is 115 Å². The average molecular weight is 409 g/mol. The standard InChI is InChI=1S/C13H23NO2.W/c1-7-8-14-11(16)13(5,6)9-12(3,4)10(2)15;/h1H,7-9H2,2-6H3,(H,14,16);. The van der Waals surface area contributed by atoms with Crippen molar-refractivity contribution >= 4 is 16.1 Å². The fourth-order valence-corrected chi connectivity index (χ4v) is 2.22. The quantitative estimate of drug-likeness (QED) is 0.653. The minimum atomic E-state index is -0.504.